The number of ether oxygens (including phenoxy) is 1. The second-order valence-corrected chi connectivity index (χ2v) is 11.3. The van der Waals surface area contributed by atoms with Gasteiger partial charge in [-0.2, -0.15) is 5.26 Å². The molecule has 204 valence electrons. The molecule has 3 aromatic rings. The fourth-order valence-electron chi connectivity index (χ4n) is 5.67. The lowest BCUT2D eigenvalue weighted by Gasteiger charge is -2.38. The zero-order valence-corrected chi connectivity index (χ0v) is 22.9. The topological polar surface area (TPSA) is 99.8 Å². The van der Waals surface area contributed by atoms with Crippen LogP contribution in [0.15, 0.2) is 43.2 Å². The van der Waals surface area contributed by atoms with Gasteiger partial charge in [-0.1, -0.05) is 13.8 Å². The van der Waals surface area contributed by atoms with Gasteiger partial charge in [-0.15, -0.1) is 0 Å². The van der Waals surface area contributed by atoms with Gasteiger partial charge in [-0.25, -0.2) is 24.3 Å². The quantitative estimate of drug-likeness (QED) is 0.397. The summed E-state index contributed by atoms with van der Waals surface area (Å²) in [5, 5.41) is 13.3. The summed E-state index contributed by atoms with van der Waals surface area (Å²) in [5.74, 6) is 1.54. The molecule has 39 heavy (non-hydrogen) atoms. The fraction of sp³-hybridized carbons (Fsp3) is 0.500. The third kappa shape index (κ3) is 6.17. The molecule has 1 N–H and O–H groups in total. The Hall–Kier alpha value is -3.64. The van der Waals surface area contributed by atoms with Crippen LogP contribution in [0.4, 0.5) is 10.2 Å². The van der Waals surface area contributed by atoms with Gasteiger partial charge in [0.15, 0.2) is 11.6 Å². The van der Waals surface area contributed by atoms with E-state index < -0.39 is 0 Å². The summed E-state index contributed by atoms with van der Waals surface area (Å²) in [5.41, 5.74) is 2.00. The van der Waals surface area contributed by atoms with Crippen molar-refractivity contribution in [2.24, 2.45) is 5.41 Å². The predicted octanol–water partition coefficient (Wildman–Crippen LogP) is 6.02. The van der Waals surface area contributed by atoms with E-state index >= 15 is 0 Å². The lowest BCUT2D eigenvalue weighted by atomic mass is 9.75. The molecular weight excluding hydrogens is 493 g/mol. The SMILES string of the molecule is CC(C)c1ncncc1-c1cc(F)ccc1Oc1cncnc1N1CCC(NC2CCC(C)(C#N)CC2)CC1. The van der Waals surface area contributed by atoms with Crippen LogP contribution in [-0.4, -0.2) is 45.1 Å². The standard InChI is InChI=1S/C30H36FN7O/c1-20(2)28-25(15-33-18-35-28)24-14-21(31)4-5-26(24)39-27-16-34-19-36-29(27)38-12-8-23(9-13-38)37-22-6-10-30(3,17-32)11-7-22/h4-5,14-16,18-20,22-23,37H,6-13H2,1-3H3. The van der Waals surface area contributed by atoms with Crippen molar-refractivity contribution in [3.63, 3.8) is 0 Å². The molecule has 2 fully saturated rings. The molecule has 1 saturated heterocycles. The van der Waals surface area contributed by atoms with Crippen LogP contribution in [0.2, 0.25) is 0 Å². The number of anilines is 1. The minimum absolute atomic E-state index is 0.133. The Morgan fingerprint density at radius 1 is 1.00 bits per heavy atom. The molecule has 1 aliphatic carbocycles. The molecule has 3 heterocycles. The molecule has 0 atom stereocenters. The second kappa shape index (κ2) is 11.6. The van der Waals surface area contributed by atoms with E-state index in [-0.39, 0.29) is 17.2 Å². The van der Waals surface area contributed by atoms with Crippen molar-refractivity contribution in [3.8, 4) is 28.7 Å². The molecule has 1 aliphatic heterocycles. The van der Waals surface area contributed by atoms with Crippen molar-refractivity contribution < 1.29 is 9.13 Å². The molecule has 1 saturated carbocycles. The average Bonchev–Trinajstić information content (AvgIpc) is 2.96. The number of hydrogen-bond donors (Lipinski definition) is 1. The zero-order valence-electron chi connectivity index (χ0n) is 22.9. The van der Waals surface area contributed by atoms with Gasteiger partial charge in [0.05, 0.1) is 23.4 Å². The van der Waals surface area contributed by atoms with Crippen LogP contribution >= 0.6 is 0 Å². The first-order chi connectivity index (χ1) is 18.8. The number of nitrogens with zero attached hydrogens (tertiary/aromatic N) is 6. The van der Waals surface area contributed by atoms with E-state index in [9.17, 15) is 9.65 Å². The average molecular weight is 530 g/mol. The number of piperidine rings is 1. The van der Waals surface area contributed by atoms with Gasteiger partial charge in [0.1, 0.15) is 24.2 Å². The smallest absolute Gasteiger partial charge is 0.188 e. The molecule has 0 bridgehead atoms. The van der Waals surface area contributed by atoms with E-state index in [0.29, 0.717) is 29.1 Å². The summed E-state index contributed by atoms with van der Waals surface area (Å²) in [4.78, 5) is 19.7. The maximum absolute atomic E-state index is 14.4. The molecule has 0 amide bonds. The minimum Gasteiger partial charge on any atom is -0.451 e. The summed E-state index contributed by atoms with van der Waals surface area (Å²) in [7, 11) is 0. The highest BCUT2D eigenvalue weighted by Gasteiger charge is 2.32. The maximum Gasteiger partial charge on any atom is 0.188 e. The Labute approximate surface area is 229 Å². The molecule has 1 aromatic carbocycles. The van der Waals surface area contributed by atoms with E-state index in [4.69, 9.17) is 4.74 Å². The number of nitrogens with one attached hydrogen (secondary N) is 1. The molecule has 0 spiro atoms. The highest BCUT2D eigenvalue weighted by Crippen LogP contribution is 2.39. The predicted molar refractivity (Wildman–Crippen MR) is 148 cm³/mol. The normalized spacial score (nSPS) is 22.1. The van der Waals surface area contributed by atoms with E-state index in [1.54, 1.807) is 18.5 Å². The van der Waals surface area contributed by atoms with Crippen LogP contribution in [0.3, 0.4) is 0 Å². The van der Waals surface area contributed by atoms with Gasteiger partial charge in [-0.05, 0) is 69.6 Å². The first-order valence-electron chi connectivity index (χ1n) is 13.8. The molecule has 2 aliphatic rings. The first-order valence-corrected chi connectivity index (χ1v) is 13.8. The summed E-state index contributed by atoms with van der Waals surface area (Å²) in [6.07, 6.45) is 12.4. The van der Waals surface area contributed by atoms with Gasteiger partial charge >= 0.3 is 0 Å². The van der Waals surface area contributed by atoms with E-state index in [2.05, 4.69) is 43.1 Å². The number of halogens is 1. The number of benzene rings is 1. The first kappa shape index (κ1) is 26.9. The largest absolute Gasteiger partial charge is 0.451 e. The Morgan fingerprint density at radius 3 is 2.41 bits per heavy atom. The van der Waals surface area contributed by atoms with Crippen molar-refractivity contribution in [1.82, 2.24) is 25.3 Å². The molecule has 0 unspecified atom stereocenters. The van der Waals surface area contributed by atoms with Gasteiger partial charge < -0.3 is 15.0 Å². The fourth-order valence-corrected chi connectivity index (χ4v) is 5.67. The molecule has 2 aromatic heterocycles. The van der Waals surface area contributed by atoms with E-state index in [0.717, 1.165) is 68.7 Å². The highest BCUT2D eigenvalue weighted by molar-refractivity contribution is 5.73. The van der Waals surface area contributed by atoms with Gasteiger partial charge in [0.2, 0.25) is 0 Å². The monoisotopic (exact) mass is 529 g/mol. The Balaban J connectivity index is 1.29. The highest BCUT2D eigenvalue weighted by atomic mass is 19.1. The van der Waals surface area contributed by atoms with Crippen LogP contribution in [0.25, 0.3) is 11.1 Å². The van der Waals surface area contributed by atoms with Gasteiger partial charge in [0, 0.05) is 42.5 Å². The van der Waals surface area contributed by atoms with Gasteiger partial charge in [0.25, 0.3) is 0 Å². The number of nitriles is 1. The molecule has 9 heteroatoms. The minimum atomic E-state index is -0.356. The summed E-state index contributed by atoms with van der Waals surface area (Å²) in [6, 6.07) is 7.91. The summed E-state index contributed by atoms with van der Waals surface area (Å²) in [6.45, 7) is 7.85. The lowest BCUT2D eigenvalue weighted by molar-refractivity contribution is 0.225. The van der Waals surface area contributed by atoms with Gasteiger partial charge in [-0.3, -0.25) is 0 Å². The van der Waals surface area contributed by atoms with Crippen LogP contribution in [0.5, 0.6) is 11.5 Å². The van der Waals surface area contributed by atoms with Crippen LogP contribution < -0.4 is 15.0 Å². The third-order valence-corrected chi connectivity index (χ3v) is 8.03. The maximum atomic E-state index is 14.4. The number of hydrogen-bond acceptors (Lipinski definition) is 8. The van der Waals surface area contributed by atoms with Crippen molar-refractivity contribution >= 4 is 5.82 Å². The van der Waals surface area contributed by atoms with Crippen molar-refractivity contribution in [3.05, 3.63) is 54.8 Å². The van der Waals surface area contributed by atoms with Crippen LogP contribution in [-0.2, 0) is 0 Å². The molecule has 5 rings (SSSR count). The summed E-state index contributed by atoms with van der Waals surface area (Å²) >= 11 is 0. The van der Waals surface area contributed by atoms with E-state index in [1.165, 1.54) is 24.8 Å². The Kier molecular flexibility index (Phi) is 8.03. The number of aromatic nitrogens is 4. The van der Waals surface area contributed by atoms with Crippen molar-refractivity contribution in [2.45, 2.75) is 77.3 Å². The lowest BCUT2D eigenvalue weighted by Crippen LogP contribution is -2.48. The Morgan fingerprint density at radius 2 is 1.69 bits per heavy atom. The van der Waals surface area contributed by atoms with Crippen LogP contribution in [0.1, 0.15) is 70.9 Å². The molecule has 8 nitrogen and oxygen atoms in total. The van der Waals surface area contributed by atoms with Crippen molar-refractivity contribution in [2.75, 3.05) is 18.0 Å². The molecular formula is C30H36FN7O. The third-order valence-electron chi connectivity index (χ3n) is 8.03. The second-order valence-electron chi connectivity index (χ2n) is 11.3. The van der Waals surface area contributed by atoms with Crippen molar-refractivity contribution in [1.29, 1.82) is 5.26 Å². The van der Waals surface area contributed by atoms with E-state index in [1.807, 2.05) is 13.8 Å². The molecule has 0 radical (unpaired) electrons. The Bertz CT molecular complexity index is 1320. The zero-order chi connectivity index (χ0) is 27.4. The summed E-state index contributed by atoms with van der Waals surface area (Å²) < 4.78 is 20.8. The number of rotatable bonds is 7. The van der Waals surface area contributed by atoms with Crippen LogP contribution in [0, 0.1) is 22.6 Å².